The normalized spacial score (nSPS) is 10.7. The first kappa shape index (κ1) is 14.3. The Hall–Kier alpha value is -2.61. The maximum atomic E-state index is 5.34. The van der Waals surface area contributed by atoms with Crippen LogP contribution in [0.15, 0.2) is 24.3 Å². The predicted molar refractivity (Wildman–Crippen MR) is 88.5 cm³/mol. The van der Waals surface area contributed by atoms with Crippen molar-refractivity contribution in [2.24, 2.45) is 0 Å². The number of benzene rings is 1. The highest BCUT2D eigenvalue weighted by Gasteiger charge is 2.18. The summed E-state index contributed by atoms with van der Waals surface area (Å²) >= 11 is 5.34. The van der Waals surface area contributed by atoms with Gasteiger partial charge in [0, 0.05) is 5.69 Å². The van der Waals surface area contributed by atoms with E-state index in [9.17, 15) is 0 Å². The third-order valence-corrected chi connectivity index (χ3v) is 3.40. The van der Waals surface area contributed by atoms with Crippen LogP contribution in [-0.2, 0) is 0 Å². The van der Waals surface area contributed by atoms with Gasteiger partial charge in [-0.25, -0.2) is 4.68 Å². The fraction of sp³-hybridized carbons (Fsp3) is 0.214. The zero-order valence-electron chi connectivity index (χ0n) is 12.5. The maximum absolute atomic E-state index is 5.34. The van der Waals surface area contributed by atoms with Crippen LogP contribution in [0.2, 0.25) is 0 Å². The number of anilines is 1. The maximum Gasteiger partial charge on any atom is 0.205 e. The molecule has 112 valence electrons. The van der Waals surface area contributed by atoms with Crippen LogP contribution in [0, 0.1) is 20.8 Å². The molecule has 7 nitrogen and oxygen atoms in total. The molecule has 0 fully saturated rings. The molecule has 0 bridgehead atoms. The van der Waals surface area contributed by atoms with Crippen molar-refractivity contribution in [1.82, 2.24) is 25.1 Å². The Labute approximate surface area is 133 Å². The molecule has 2 aliphatic rings. The predicted octanol–water partition coefficient (Wildman–Crippen LogP) is 2.04. The second-order valence-electron chi connectivity index (χ2n) is 4.97. The summed E-state index contributed by atoms with van der Waals surface area (Å²) in [7, 11) is 0. The molecule has 0 amide bonds. The van der Waals surface area contributed by atoms with Crippen molar-refractivity contribution in [3.05, 3.63) is 41.3 Å². The topological polar surface area (TPSA) is 80.5 Å². The van der Waals surface area contributed by atoms with Gasteiger partial charge in [0.1, 0.15) is 5.82 Å². The summed E-state index contributed by atoms with van der Waals surface area (Å²) in [6.07, 6.45) is 0. The number of thiocarbonyl (C=S) groups is 1. The molecule has 0 aliphatic carbocycles. The Morgan fingerprint density at radius 2 is 1.73 bits per heavy atom. The molecule has 0 spiro atoms. The van der Waals surface area contributed by atoms with Gasteiger partial charge in [0.2, 0.25) is 5.82 Å². The van der Waals surface area contributed by atoms with E-state index in [0.717, 1.165) is 11.4 Å². The van der Waals surface area contributed by atoms with Crippen LogP contribution in [0.1, 0.15) is 17.1 Å². The number of nitrogens with one attached hydrogen (secondary N) is 2. The number of aryl methyl sites for hydroxylation is 3. The quantitative estimate of drug-likeness (QED) is 0.701. The summed E-state index contributed by atoms with van der Waals surface area (Å²) < 4.78 is 1.67. The Kier molecular flexibility index (Phi) is 3.68. The summed E-state index contributed by atoms with van der Waals surface area (Å²) in [5.41, 5.74) is 6.54. The Balaban J connectivity index is 1.81. The van der Waals surface area contributed by atoms with Gasteiger partial charge in [0.25, 0.3) is 0 Å². The van der Waals surface area contributed by atoms with E-state index < -0.39 is 0 Å². The molecule has 8 heteroatoms. The van der Waals surface area contributed by atoms with E-state index in [1.54, 1.807) is 4.68 Å². The lowest BCUT2D eigenvalue weighted by molar-refractivity contribution is 0.780. The molecule has 0 saturated heterocycles. The molecular formula is C14H15N7S. The number of hydrogen-bond acceptors (Lipinski definition) is 5. The summed E-state index contributed by atoms with van der Waals surface area (Å²) in [6.45, 7) is 5.69. The monoisotopic (exact) mass is 313 g/mol. The number of nitrogens with zero attached hydrogens (tertiary/aromatic N) is 5. The lowest BCUT2D eigenvalue weighted by Crippen LogP contribution is -2.31. The van der Waals surface area contributed by atoms with Gasteiger partial charge in [-0.1, -0.05) is 17.7 Å². The SMILES string of the molecule is Cc1ccc(NC(=S)Nn2c(C)nnc3c(C)nnc2-3)cc1. The Morgan fingerprint density at radius 1 is 1.00 bits per heavy atom. The zero-order valence-corrected chi connectivity index (χ0v) is 13.3. The van der Waals surface area contributed by atoms with Crippen LogP contribution in [0.5, 0.6) is 0 Å². The van der Waals surface area contributed by atoms with E-state index in [2.05, 4.69) is 31.1 Å². The first-order valence-electron chi connectivity index (χ1n) is 6.74. The van der Waals surface area contributed by atoms with Gasteiger partial charge in [-0.3, -0.25) is 5.43 Å². The van der Waals surface area contributed by atoms with Crippen LogP contribution in [0.25, 0.3) is 11.5 Å². The van der Waals surface area contributed by atoms with Crippen molar-refractivity contribution < 1.29 is 0 Å². The second kappa shape index (κ2) is 5.64. The largest absolute Gasteiger partial charge is 0.331 e. The molecule has 0 saturated carbocycles. The third-order valence-electron chi connectivity index (χ3n) is 3.20. The van der Waals surface area contributed by atoms with E-state index >= 15 is 0 Å². The molecule has 0 aromatic heterocycles. The van der Waals surface area contributed by atoms with Gasteiger partial charge in [-0.15, -0.1) is 15.3 Å². The minimum absolute atomic E-state index is 0.437. The van der Waals surface area contributed by atoms with Crippen LogP contribution in [0.4, 0.5) is 5.69 Å². The van der Waals surface area contributed by atoms with Crippen LogP contribution in [0.3, 0.4) is 0 Å². The highest BCUT2D eigenvalue weighted by atomic mass is 32.1. The standard InChI is InChI=1S/C14H15N7S/c1-8-4-6-11(7-5-8)15-14(22)20-21-10(3)17-18-12-9(2)16-19-13(12)21/h4-7H,1-3H3,(H2,15,20,22). The first-order valence-corrected chi connectivity index (χ1v) is 7.15. The molecule has 22 heavy (non-hydrogen) atoms. The van der Waals surface area contributed by atoms with Gasteiger partial charge in [0.15, 0.2) is 10.8 Å². The molecule has 2 N–H and O–H groups in total. The van der Waals surface area contributed by atoms with Gasteiger partial charge in [-0.2, -0.15) is 5.10 Å². The number of aromatic nitrogens is 5. The van der Waals surface area contributed by atoms with Gasteiger partial charge >= 0.3 is 0 Å². The van der Waals surface area contributed by atoms with E-state index in [4.69, 9.17) is 12.2 Å². The van der Waals surface area contributed by atoms with E-state index in [1.165, 1.54) is 5.56 Å². The number of hydrogen-bond donors (Lipinski definition) is 2. The number of fused-ring (bicyclic) bond motifs is 1. The van der Waals surface area contributed by atoms with Crippen molar-refractivity contribution in [2.45, 2.75) is 20.8 Å². The molecule has 3 rings (SSSR count). The van der Waals surface area contributed by atoms with Crippen molar-refractivity contribution in [3.8, 4) is 11.5 Å². The Morgan fingerprint density at radius 3 is 2.45 bits per heavy atom. The minimum Gasteiger partial charge on any atom is -0.331 e. The van der Waals surface area contributed by atoms with Crippen LogP contribution >= 0.6 is 12.2 Å². The zero-order chi connectivity index (χ0) is 15.7. The molecule has 1 aromatic rings. The van der Waals surface area contributed by atoms with Crippen molar-refractivity contribution in [3.63, 3.8) is 0 Å². The first-order chi connectivity index (χ1) is 10.5. The highest BCUT2D eigenvalue weighted by molar-refractivity contribution is 7.80. The van der Waals surface area contributed by atoms with E-state index in [-0.39, 0.29) is 0 Å². The fourth-order valence-corrected chi connectivity index (χ4v) is 2.21. The average Bonchev–Trinajstić information content (AvgIpc) is 2.86. The molecular weight excluding hydrogens is 298 g/mol. The second-order valence-corrected chi connectivity index (χ2v) is 5.38. The lowest BCUT2D eigenvalue weighted by Gasteiger charge is -2.16. The van der Waals surface area contributed by atoms with Crippen molar-refractivity contribution >= 4 is 23.0 Å². The van der Waals surface area contributed by atoms with Crippen molar-refractivity contribution in [1.29, 1.82) is 0 Å². The van der Waals surface area contributed by atoms with Gasteiger partial charge in [0.05, 0.1) is 5.69 Å². The van der Waals surface area contributed by atoms with Gasteiger partial charge < -0.3 is 5.32 Å². The molecule has 1 aromatic carbocycles. The summed E-state index contributed by atoms with van der Waals surface area (Å²) in [5, 5.41) is 19.9. The van der Waals surface area contributed by atoms with E-state index in [1.807, 2.05) is 45.0 Å². The van der Waals surface area contributed by atoms with Crippen LogP contribution in [-0.4, -0.2) is 30.2 Å². The Bertz CT molecular complexity index is 794. The molecule has 2 aliphatic heterocycles. The molecule has 0 atom stereocenters. The van der Waals surface area contributed by atoms with Gasteiger partial charge in [-0.05, 0) is 45.1 Å². The molecule has 0 radical (unpaired) electrons. The third kappa shape index (κ3) is 2.73. The fourth-order valence-electron chi connectivity index (χ4n) is 2.00. The lowest BCUT2D eigenvalue weighted by atomic mass is 10.2. The minimum atomic E-state index is 0.437. The molecule has 0 unspecified atom stereocenters. The smallest absolute Gasteiger partial charge is 0.205 e. The van der Waals surface area contributed by atoms with Crippen LogP contribution < -0.4 is 10.7 Å². The number of rotatable bonds is 2. The van der Waals surface area contributed by atoms with E-state index in [0.29, 0.717) is 22.5 Å². The van der Waals surface area contributed by atoms with Crippen molar-refractivity contribution in [2.75, 3.05) is 10.7 Å². The molecule has 2 heterocycles. The summed E-state index contributed by atoms with van der Waals surface area (Å²) in [6, 6.07) is 7.96. The summed E-state index contributed by atoms with van der Waals surface area (Å²) in [5.74, 6) is 1.23. The average molecular weight is 313 g/mol. The summed E-state index contributed by atoms with van der Waals surface area (Å²) in [4.78, 5) is 0. The highest BCUT2D eigenvalue weighted by Crippen LogP contribution is 2.18.